The first kappa shape index (κ1) is 11.3. The minimum absolute atomic E-state index is 0. The van der Waals surface area contributed by atoms with Gasteiger partial charge in [-0.15, -0.1) is 0 Å². The number of likely N-dealkylation sites (tertiary alicyclic amines) is 1. The van der Waals surface area contributed by atoms with Crippen LogP contribution in [0, 0.1) is 0 Å². The average molecular weight is 170 g/mol. The van der Waals surface area contributed by atoms with E-state index in [0.29, 0.717) is 6.54 Å². The Labute approximate surface area is 74.2 Å². The molecule has 0 spiro atoms. The van der Waals surface area contributed by atoms with Crippen LogP contribution in [0.25, 0.3) is 10.4 Å². The fourth-order valence-electron chi connectivity index (χ4n) is 1.42. The summed E-state index contributed by atoms with van der Waals surface area (Å²) in [6, 6.07) is 0. The number of hydrogen-bond acceptors (Lipinski definition) is 2. The molecule has 0 aromatic rings. The van der Waals surface area contributed by atoms with E-state index in [1.165, 1.54) is 25.9 Å². The molecule has 0 N–H and O–H groups in total. The Balaban J connectivity index is 0.00000121. The summed E-state index contributed by atoms with van der Waals surface area (Å²) >= 11 is 0. The second-order valence-corrected chi connectivity index (χ2v) is 2.86. The Morgan fingerprint density at radius 1 is 1.33 bits per heavy atom. The van der Waals surface area contributed by atoms with Crippen molar-refractivity contribution in [3.05, 3.63) is 10.4 Å². The first-order valence-electron chi connectivity index (χ1n) is 4.16. The molecule has 1 rings (SSSR count). The van der Waals surface area contributed by atoms with Crippen molar-refractivity contribution in [2.45, 2.75) is 26.7 Å². The molecular formula is C8H18N4. The van der Waals surface area contributed by atoms with Crippen molar-refractivity contribution in [2.24, 2.45) is 5.11 Å². The molecule has 0 aromatic heterocycles. The molecule has 1 aliphatic heterocycles. The third-order valence-electron chi connectivity index (χ3n) is 1.99. The van der Waals surface area contributed by atoms with Crippen molar-refractivity contribution in [1.29, 1.82) is 0 Å². The maximum Gasteiger partial charge on any atom is 0.0270 e. The van der Waals surface area contributed by atoms with Gasteiger partial charge in [0.25, 0.3) is 0 Å². The van der Waals surface area contributed by atoms with Crippen molar-refractivity contribution in [3.63, 3.8) is 0 Å². The predicted molar refractivity (Wildman–Crippen MR) is 51.0 cm³/mol. The van der Waals surface area contributed by atoms with Crippen LogP contribution >= 0.6 is 0 Å². The maximum atomic E-state index is 8.00. The van der Waals surface area contributed by atoms with Crippen LogP contribution in [0.3, 0.4) is 0 Å². The van der Waals surface area contributed by atoms with Gasteiger partial charge in [-0.2, -0.15) is 0 Å². The second-order valence-electron chi connectivity index (χ2n) is 2.86. The summed E-state index contributed by atoms with van der Waals surface area (Å²) in [7, 11) is 0. The molecule has 1 fully saturated rings. The van der Waals surface area contributed by atoms with Gasteiger partial charge in [0.1, 0.15) is 0 Å². The summed E-state index contributed by atoms with van der Waals surface area (Å²) < 4.78 is 0. The summed E-state index contributed by atoms with van der Waals surface area (Å²) in [6.07, 6.45) is 3.67. The molecular weight excluding hydrogens is 152 g/mol. The second kappa shape index (κ2) is 6.95. The number of rotatable bonds is 4. The normalized spacial score (nSPS) is 16.7. The van der Waals surface area contributed by atoms with Crippen molar-refractivity contribution in [3.8, 4) is 0 Å². The van der Waals surface area contributed by atoms with Crippen molar-refractivity contribution in [2.75, 3.05) is 26.2 Å². The highest BCUT2D eigenvalue weighted by Gasteiger charge is 2.09. The topological polar surface area (TPSA) is 52.0 Å². The summed E-state index contributed by atoms with van der Waals surface area (Å²) in [6.45, 7) is 4.21. The van der Waals surface area contributed by atoms with Crippen LogP contribution in [0.1, 0.15) is 26.7 Å². The van der Waals surface area contributed by atoms with E-state index in [-0.39, 0.29) is 7.43 Å². The highest BCUT2D eigenvalue weighted by Crippen LogP contribution is 2.06. The third-order valence-corrected chi connectivity index (χ3v) is 1.99. The van der Waals surface area contributed by atoms with Gasteiger partial charge in [-0.05, 0) is 44.4 Å². The summed E-state index contributed by atoms with van der Waals surface area (Å²) in [5, 5.41) is 3.49. The molecule has 0 aliphatic carbocycles. The van der Waals surface area contributed by atoms with Crippen molar-refractivity contribution < 1.29 is 0 Å². The third kappa shape index (κ3) is 4.21. The lowest BCUT2D eigenvalue weighted by molar-refractivity contribution is 0.336. The Hall–Kier alpha value is -0.730. The molecule has 0 unspecified atom stereocenters. The molecule has 12 heavy (non-hydrogen) atoms. The molecule has 1 heterocycles. The Kier molecular flexibility index (Phi) is 6.53. The lowest BCUT2D eigenvalue weighted by Gasteiger charge is -2.12. The van der Waals surface area contributed by atoms with Crippen molar-refractivity contribution >= 4 is 0 Å². The smallest absolute Gasteiger partial charge is 0.0270 e. The van der Waals surface area contributed by atoms with E-state index >= 15 is 0 Å². The van der Waals surface area contributed by atoms with Gasteiger partial charge in [-0.25, -0.2) is 0 Å². The van der Waals surface area contributed by atoms with E-state index in [1.807, 2.05) is 0 Å². The zero-order valence-corrected chi connectivity index (χ0v) is 6.74. The van der Waals surface area contributed by atoms with Gasteiger partial charge >= 0.3 is 0 Å². The lowest BCUT2D eigenvalue weighted by Crippen LogP contribution is -2.20. The highest BCUT2D eigenvalue weighted by atomic mass is 15.2. The lowest BCUT2D eigenvalue weighted by atomic mass is 10.4. The Bertz CT molecular complexity index is 145. The summed E-state index contributed by atoms with van der Waals surface area (Å²) in [5.41, 5.74) is 8.00. The summed E-state index contributed by atoms with van der Waals surface area (Å²) in [4.78, 5) is 5.13. The van der Waals surface area contributed by atoms with E-state index in [9.17, 15) is 0 Å². The van der Waals surface area contributed by atoms with E-state index in [2.05, 4.69) is 14.9 Å². The zero-order chi connectivity index (χ0) is 7.94. The van der Waals surface area contributed by atoms with Crippen LogP contribution in [0.15, 0.2) is 5.11 Å². The monoisotopic (exact) mass is 170 g/mol. The molecule has 70 valence electrons. The van der Waals surface area contributed by atoms with Gasteiger partial charge in [0.2, 0.25) is 0 Å². The fourth-order valence-corrected chi connectivity index (χ4v) is 1.42. The zero-order valence-electron chi connectivity index (χ0n) is 6.74. The number of nitrogens with zero attached hydrogens (tertiary/aromatic N) is 4. The van der Waals surface area contributed by atoms with Crippen LogP contribution in [-0.2, 0) is 0 Å². The van der Waals surface area contributed by atoms with Gasteiger partial charge in [-0.3, -0.25) is 0 Å². The quantitative estimate of drug-likeness (QED) is 0.276. The fraction of sp³-hybridized carbons (Fsp3) is 1.00. The standard InChI is InChI=1S/C7H14N4.CH4/c8-10-9-4-3-7-11-5-1-2-6-11;/h1-7H2;1H4. The molecule has 1 aliphatic rings. The number of hydrogen-bond donors (Lipinski definition) is 0. The molecule has 0 atom stereocenters. The van der Waals surface area contributed by atoms with Gasteiger partial charge in [-0.1, -0.05) is 12.5 Å². The first-order valence-corrected chi connectivity index (χ1v) is 4.16. The van der Waals surface area contributed by atoms with E-state index in [0.717, 1.165) is 13.0 Å². The first-order chi connectivity index (χ1) is 5.43. The van der Waals surface area contributed by atoms with Gasteiger partial charge in [0.05, 0.1) is 0 Å². The van der Waals surface area contributed by atoms with Crippen LogP contribution in [0.2, 0.25) is 0 Å². The van der Waals surface area contributed by atoms with Crippen LogP contribution in [-0.4, -0.2) is 31.1 Å². The molecule has 4 nitrogen and oxygen atoms in total. The highest BCUT2D eigenvalue weighted by molar-refractivity contribution is 4.65. The largest absolute Gasteiger partial charge is 0.303 e. The van der Waals surface area contributed by atoms with E-state index in [1.54, 1.807) is 0 Å². The molecule has 0 bridgehead atoms. The molecule has 0 saturated carbocycles. The van der Waals surface area contributed by atoms with Gasteiger partial charge in [0, 0.05) is 11.5 Å². The molecule has 0 radical (unpaired) electrons. The Morgan fingerprint density at radius 3 is 2.58 bits per heavy atom. The molecule has 0 aromatic carbocycles. The average Bonchev–Trinajstić information content (AvgIpc) is 2.50. The van der Waals surface area contributed by atoms with Crippen LogP contribution in [0.5, 0.6) is 0 Å². The molecule has 0 amide bonds. The van der Waals surface area contributed by atoms with E-state index < -0.39 is 0 Å². The molecule has 4 heteroatoms. The van der Waals surface area contributed by atoms with Crippen LogP contribution < -0.4 is 0 Å². The van der Waals surface area contributed by atoms with Gasteiger partial charge < -0.3 is 4.90 Å². The maximum absolute atomic E-state index is 8.00. The SMILES string of the molecule is C.[N-]=[N+]=NCCCN1CCCC1. The predicted octanol–water partition coefficient (Wildman–Crippen LogP) is 2.42. The Morgan fingerprint density at radius 2 is 2.00 bits per heavy atom. The summed E-state index contributed by atoms with van der Waals surface area (Å²) in [5.74, 6) is 0. The minimum Gasteiger partial charge on any atom is -0.303 e. The number of azide groups is 1. The van der Waals surface area contributed by atoms with Crippen molar-refractivity contribution in [1.82, 2.24) is 4.90 Å². The van der Waals surface area contributed by atoms with Crippen LogP contribution in [0.4, 0.5) is 0 Å². The molecule has 1 saturated heterocycles. The van der Waals surface area contributed by atoms with Gasteiger partial charge in [0.15, 0.2) is 0 Å². The van der Waals surface area contributed by atoms with E-state index in [4.69, 9.17) is 5.53 Å². The minimum atomic E-state index is 0.